The van der Waals surface area contributed by atoms with Crippen LogP contribution in [0.2, 0.25) is 0 Å². The van der Waals surface area contributed by atoms with Gasteiger partial charge in [-0.2, -0.15) is 4.31 Å². The second-order valence-electron chi connectivity index (χ2n) is 6.20. The van der Waals surface area contributed by atoms with Gasteiger partial charge in [0.05, 0.1) is 11.4 Å². The van der Waals surface area contributed by atoms with Crippen LogP contribution in [0.5, 0.6) is 0 Å². The van der Waals surface area contributed by atoms with E-state index in [0.29, 0.717) is 39.0 Å². The standard InChI is InChI=1S/C15H23N5O3S/c21-15(18-5-4-13-11-16-6-7-17-13)19-8-1-3-14(12-19)20-9-2-10-24(20,22)23/h6-7,11,14H,1-5,8-10,12H2,(H,18,21). The summed E-state index contributed by atoms with van der Waals surface area (Å²) in [6.45, 7) is 2.20. The van der Waals surface area contributed by atoms with Gasteiger partial charge in [-0.15, -0.1) is 0 Å². The molecule has 3 heterocycles. The van der Waals surface area contributed by atoms with Crippen LogP contribution in [0.1, 0.15) is 25.0 Å². The molecule has 0 bridgehead atoms. The molecule has 0 aliphatic carbocycles. The number of nitrogens with zero attached hydrogens (tertiary/aromatic N) is 4. The Morgan fingerprint density at radius 1 is 1.29 bits per heavy atom. The summed E-state index contributed by atoms with van der Waals surface area (Å²) in [5.41, 5.74) is 0.831. The zero-order valence-corrected chi connectivity index (χ0v) is 14.4. The third-order valence-electron chi connectivity index (χ3n) is 4.50. The lowest BCUT2D eigenvalue weighted by Crippen LogP contribution is -2.52. The van der Waals surface area contributed by atoms with Crippen molar-refractivity contribution in [3.05, 3.63) is 24.3 Å². The van der Waals surface area contributed by atoms with E-state index < -0.39 is 10.0 Å². The largest absolute Gasteiger partial charge is 0.338 e. The van der Waals surface area contributed by atoms with Crippen molar-refractivity contribution >= 4 is 16.1 Å². The van der Waals surface area contributed by atoms with Crippen LogP contribution < -0.4 is 5.32 Å². The number of aromatic nitrogens is 2. The quantitative estimate of drug-likeness (QED) is 0.836. The number of likely N-dealkylation sites (tertiary alicyclic amines) is 1. The van der Waals surface area contributed by atoms with Crippen LogP contribution >= 0.6 is 0 Å². The SMILES string of the molecule is O=C(NCCc1cnccn1)N1CCCC(N2CCCS2(=O)=O)C1. The van der Waals surface area contributed by atoms with Gasteiger partial charge >= 0.3 is 6.03 Å². The van der Waals surface area contributed by atoms with E-state index in [1.165, 1.54) is 0 Å². The number of hydrogen-bond donors (Lipinski definition) is 1. The van der Waals surface area contributed by atoms with Gasteiger partial charge in [-0.1, -0.05) is 0 Å². The summed E-state index contributed by atoms with van der Waals surface area (Å²) in [6.07, 6.45) is 7.88. The molecule has 2 aliphatic heterocycles. The zero-order chi connectivity index (χ0) is 17.0. The lowest BCUT2D eigenvalue weighted by atomic mass is 10.1. The van der Waals surface area contributed by atoms with Crippen LogP contribution in [-0.2, 0) is 16.4 Å². The van der Waals surface area contributed by atoms with E-state index >= 15 is 0 Å². The first-order valence-corrected chi connectivity index (χ1v) is 9.94. The first kappa shape index (κ1) is 17.1. The molecule has 0 aromatic carbocycles. The van der Waals surface area contributed by atoms with E-state index in [0.717, 1.165) is 18.5 Å². The minimum absolute atomic E-state index is 0.0861. The number of carbonyl (C=O) groups is 1. The van der Waals surface area contributed by atoms with Crippen LogP contribution in [0, 0.1) is 0 Å². The molecule has 1 atom stereocenters. The maximum Gasteiger partial charge on any atom is 0.317 e. The Kier molecular flexibility index (Phi) is 5.30. The second-order valence-corrected chi connectivity index (χ2v) is 8.24. The van der Waals surface area contributed by atoms with Gasteiger partial charge in [-0.3, -0.25) is 9.97 Å². The van der Waals surface area contributed by atoms with E-state index in [9.17, 15) is 13.2 Å². The van der Waals surface area contributed by atoms with Crippen molar-refractivity contribution in [3.63, 3.8) is 0 Å². The molecule has 2 fully saturated rings. The summed E-state index contributed by atoms with van der Waals surface area (Å²) in [6, 6.07) is -0.225. The maximum atomic E-state index is 12.3. The number of piperidine rings is 1. The molecule has 132 valence electrons. The minimum atomic E-state index is -3.13. The third-order valence-corrected chi connectivity index (χ3v) is 6.50. The monoisotopic (exact) mass is 353 g/mol. The molecule has 0 saturated carbocycles. The van der Waals surface area contributed by atoms with Crippen LogP contribution in [0.4, 0.5) is 4.79 Å². The Hall–Kier alpha value is -1.74. The molecule has 1 unspecified atom stereocenters. The van der Waals surface area contributed by atoms with Gasteiger partial charge in [0, 0.05) is 57.2 Å². The molecule has 9 heteroatoms. The first-order valence-electron chi connectivity index (χ1n) is 8.33. The molecule has 24 heavy (non-hydrogen) atoms. The van der Waals surface area contributed by atoms with Gasteiger partial charge in [-0.05, 0) is 19.3 Å². The van der Waals surface area contributed by atoms with Gasteiger partial charge in [0.2, 0.25) is 10.0 Å². The van der Waals surface area contributed by atoms with Gasteiger partial charge in [-0.25, -0.2) is 13.2 Å². The highest BCUT2D eigenvalue weighted by Crippen LogP contribution is 2.23. The summed E-state index contributed by atoms with van der Waals surface area (Å²) in [5, 5.41) is 2.88. The first-order chi connectivity index (χ1) is 11.6. The molecule has 1 N–H and O–H groups in total. The Balaban J connectivity index is 1.50. The number of nitrogens with one attached hydrogen (secondary N) is 1. The normalized spacial score (nSPS) is 24.0. The van der Waals surface area contributed by atoms with Crippen molar-refractivity contribution in [2.45, 2.75) is 31.7 Å². The summed E-state index contributed by atoms with van der Waals surface area (Å²) < 4.78 is 25.7. The van der Waals surface area contributed by atoms with Gasteiger partial charge in [0.25, 0.3) is 0 Å². The third kappa shape index (κ3) is 4.02. The fraction of sp³-hybridized carbons (Fsp3) is 0.667. The average molecular weight is 353 g/mol. The van der Waals surface area contributed by atoms with Crippen molar-refractivity contribution in [1.82, 2.24) is 24.5 Å². The Labute approximate surface area is 142 Å². The minimum Gasteiger partial charge on any atom is -0.338 e. The molecule has 3 rings (SSSR count). The predicted molar refractivity (Wildman–Crippen MR) is 88.8 cm³/mol. The summed E-state index contributed by atoms with van der Waals surface area (Å²) in [5.74, 6) is 0.230. The number of amides is 2. The highest BCUT2D eigenvalue weighted by atomic mass is 32.2. The summed E-state index contributed by atoms with van der Waals surface area (Å²) in [7, 11) is -3.13. The van der Waals surface area contributed by atoms with Crippen LogP contribution in [-0.4, -0.2) is 71.6 Å². The van der Waals surface area contributed by atoms with E-state index in [2.05, 4.69) is 15.3 Å². The van der Waals surface area contributed by atoms with E-state index in [1.807, 2.05) is 0 Å². The van der Waals surface area contributed by atoms with Gasteiger partial charge in [0.15, 0.2) is 0 Å². The average Bonchev–Trinajstić information content (AvgIpc) is 2.95. The van der Waals surface area contributed by atoms with Crippen LogP contribution in [0.3, 0.4) is 0 Å². The van der Waals surface area contributed by atoms with Crippen molar-refractivity contribution in [1.29, 1.82) is 0 Å². The lowest BCUT2D eigenvalue weighted by molar-refractivity contribution is 0.153. The number of hydrogen-bond acceptors (Lipinski definition) is 5. The molecule has 2 aliphatic rings. The molecule has 2 saturated heterocycles. The smallest absolute Gasteiger partial charge is 0.317 e. The molecule has 0 spiro atoms. The highest BCUT2D eigenvalue weighted by Gasteiger charge is 2.37. The Bertz CT molecular complexity index is 667. The van der Waals surface area contributed by atoms with Crippen LogP contribution in [0.15, 0.2) is 18.6 Å². The number of rotatable bonds is 4. The van der Waals surface area contributed by atoms with Crippen molar-refractivity contribution in [2.75, 3.05) is 31.9 Å². The molecule has 2 amide bonds. The Morgan fingerprint density at radius 2 is 2.17 bits per heavy atom. The van der Waals surface area contributed by atoms with Crippen molar-refractivity contribution < 1.29 is 13.2 Å². The topological polar surface area (TPSA) is 95.5 Å². The molecular weight excluding hydrogens is 330 g/mol. The van der Waals surface area contributed by atoms with E-state index in [4.69, 9.17) is 0 Å². The molecular formula is C15H23N5O3S. The molecule has 0 radical (unpaired) electrons. The number of carbonyl (C=O) groups excluding carboxylic acids is 1. The second kappa shape index (κ2) is 7.43. The fourth-order valence-corrected chi connectivity index (χ4v) is 5.07. The number of urea groups is 1. The maximum absolute atomic E-state index is 12.3. The lowest BCUT2D eigenvalue weighted by Gasteiger charge is -2.36. The molecule has 1 aromatic rings. The summed E-state index contributed by atoms with van der Waals surface area (Å²) >= 11 is 0. The number of sulfonamides is 1. The summed E-state index contributed by atoms with van der Waals surface area (Å²) in [4.78, 5) is 22.2. The van der Waals surface area contributed by atoms with Gasteiger partial charge < -0.3 is 10.2 Å². The highest BCUT2D eigenvalue weighted by molar-refractivity contribution is 7.89. The van der Waals surface area contributed by atoms with Crippen molar-refractivity contribution in [3.8, 4) is 0 Å². The fourth-order valence-electron chi connectivity index (χ4n) is 3.31. The Morgan fingerprint density at radius 3 is 2.88 bits per heavy atom. The predicted octanol–water partition coefficient (Wildman–Crippen LogP) is 0.229. The van der Waals surface area contributed by atoms with Crippen LogP contribution in [0.25, 0.3) is 0 Å². The van der Waals surface area contributed by atoms with Gasteiger partial charge in [0.1, 0.15) is 0 Å². The van der Waals surface area contributed by atoms with Crippen molar-refractivity contribution in [2.24, 2.45) is 0 Å². The van der Waals surface area contributed by atoms with E-state index in [-0.39, 0.29) is 17.8 Å². The van der Waals surface area contributed by atoms with E-state index in [1.54, 1.807) is 27.8 Å². The molecule has 1 aromatic heterocycles. The molecule has 8 nitrogen and oxygen atoms in total. The zero-order valence-electron chi connectivity index (χ0n) is 13.6.